The molecule has 0 saturated heterocycles. The van der Waals surface area contributed by atoms with E-state index in [1.165, 1.54) is 0 Å². The zero-order valence-corrected chi connectivity index (χ0v) is 5.83. The van der Waals surface area contributed by atoms with E-state index in [0.717, 1.165) is 0 Å². The third-order valence-electron chi connectivity index (χ3n) is 0.888. The summed E-state index contributed by atoms with van der Waals surface area (Å²) >= 11 is 4.69. The first kappa shape index (κ1) is 10.7. The summed E-state index contributed by atoms with van der Waals surface area (Å²) in [4.78, 5) is 0. The summed E-state index contributed by atoms with van der Waals surface area (Å²) in [7, 11) is 0. The molecule has 66 valence electrons. The van der Waals surface area contributed by atoms with E-state index in [1.54, 1.807) is 0 Å². The van der Waals surface area contributed by atoms with E-state index in [9.17, 15) is 22.0 Å². The molecule has 0 saturated carbocycles. The molecule has 2 atom stereocenters. The Morgan fingerprint density at radius 1 is 1.18 bits per heavy atom. The standard InChI is InChI=1S/C5H4ClF5/c6-2(1-7)3(8)4(9)5(10)11/h1,3-5H. The second kappa shape index (κ2) is 4.54. The summed E-state index contributed by atoms with van der Waals surface area (Å²) in [6.45, 7) is 0. The van der Waals surface area contributed by atoms with Gasteiger partial charge in [-0.3, -0.25) is 0 Å². The topological polar surface area (TPSA) is 0 Å². The van der Waals surface area contributed by atoms with Crippen LogP contribution in [0.1, 0.15) is 0 Å². The summed E-state index contributed by atoms with van der Waals surface area (Å²) in [5, 5.41) is -1.20. The van der Waals surface area contributed by atoms with Gasteiger partial charge in [-0.2, -0.15) is 0 Å². The van der Waals surface area contributed by atoms with Gasteiger partial charge in [0.25, 0.3) is 6.43 Å². The summed E-state index contributed by atoms with van der Waals surface area (Å²) in [6.07, 6.45) is -9.82. The van der Waals surface area contributed by atoms with Crippen LogP contribution in [-0.4, -0.2) is 18.8 Å². The van der Waals surface area contributed by atoms with E-state index in [-0.39, 0.29) is 0 Å². The van der Waals surface area contributed by atoms with Crippen molar-refractivity contribution in [2.75, 3.05) is 0 Å². The average molecular weight is 195 g/mol. The van der Waals surface area contributed by atoms with Gasteiger partial charge in [0.1, 0.15) is 6.33 Å². The number of hydrogen-bond acceptors (Lipinski definition) is 0. The first-order valence-electron chi connectivity index (χ1n) is 2.52. The van der Waals surface area contributed by atoms with Crippen molar-refractivity contribution in [3.8, 4) is 0 Å². The molecular formula is C5H4ClF5. The van der Waals surface area contributed by atoms with Crippen LogP contribution in [0.5, 0.6) is 0 Å². The van der Waals surface area contributed by atoms with Crippen LogP contribution in [0.2, 0.25) is 0 Å². The summed E-state index contributed by atoms with van der Waals surface area (Å²) in [5.41, 5.74) is 0. The Bertz CT molecular complexity index is 146. The summed E-state index contributed by atoms with van der Waals surface area (Å²) in [6, 6.07) is 0. The van der Waals surface area contributed by atoms with Gasteiger partial charge in [0.2, 0.25) is 0 Å². The predicted octanol–water partition coefficient (Wildman–Crippen LogP) is 2.98. The van der Waals surface area contributed by atoms with Gasteiger partial charge in [0, 0.05) is 0 Å². The van der Waals surface area contributed by atoms with Crippen molar-refractivity contribution in [1.29, 1.82) is 0 Å². The molecule has 0 aromatic heterocycles. The molecular weight excluding hydrogens is 190 g/mol. The van der Waals surface area contributed by atoms with Gasteiger partial charge in [0.05, 0.1) is 5.03 Å². The van der Waals surface area contributed by atoms with Gasteiger partial charge < -0.3 is 0 Å². The third kappa shape index (κ3) is 3.05. The van der Waals surface area contributed by atoms with Crippen LogP contribution >= 0.6 is 11.6 Å². The van der Waals surface area contributed by atoms with E-state index in [0.29, 0.717) is 0 Å². The lowest BCUT2D eigenvalue weighted by molar-refractivity contribution is 0.0157. The van der Waals surface area contributed by atoms with Crippen molar-refractivity contribution < 1.29 is 22.0 Å². The van der Waals surface area contributed by atoms with Crippen LogP contribution in [0.25, 0.3) is 0 Å². The molecule has 0 heterocycles. The van der Waals surface area contributed by atoms with Gasteiger partial charge in [-0.15, -0.1) is 0 Å². The Kier molecular flexibility index (Phi) is 4.40. The molecule has 2 unspecified atom stereocenters. The highest BCUT2D eigenvalue weighted by molar-refractivity contribution is 6.30. The number of halogens is 6. The van der Waals surface area contributed by atoms with E-state index in [4.69, 9.17) is 11.6 Å². The fourth-order valence-electron chi connectivity index (χ4n) is 0.340. The lowest BCUT2D eigenvalue weighted by Crippen LogP contribution is -2.25. The van der Waals surface area contributed by atoms with E-state index >= 15 is 0 Å². The van der Waals surface area contributed by atoms with E-state index < -0.39 is 30.1 Å². The van der Waals surface area contributed by atoms with Crippen LogP contribution in [-0.2, 0) is 0 Å². The number of alkyl halides is 4. The van der Waals surface area contributed by atoms with Crippen LogP contribution in [0.15, 0.2) is 11.4 Å². The number of allylic oxidation sites excluding steroid dienone is 1. The Morgan fingerprint density at radius 2 is 1.64 bits per heavy atom. The van der Waals surface area contributed by atoms with Crippen LogP contribution in [0.4, 0.5) is 22.0 Å². The Labute approximate surface area is 64.6 Å². The predicted molar refractivity (Wildman–Crippen MR) is 30.8 cm³/mol. The Balaban J connectivity index is 4.13. The molecule has 0 bridgehead atoms. The number of rotatable bonds is 3. The minimum Gasteiger partial charge on any atom is -0.238 e. The molecule has 0 rings (SSSR count). The van der Waals surface area contributed by atoms with Crippen molar-refractivity contribution in [2.45, 2.75) is 18.8 Å². The molecule has 0 amide bonds. The van der Waals surface area contributed by atoms with Crippen LogP contribution < -0.4 is 0 Å². The molecule has 0 N–H and O–H groups in total. The highest BCUT2D eigenvalue weighted by atomic mass is 35.5. The fraction of sp³-hybridized carbons (Fsp3) is 0.600. The maximum absolute atomic E-state index is 12.1. The number of hydrogen-bond donors (Lipinski definition) is 0. The highest BCUT2D eigenvalue weighted by Crippen LogP contribution is 2.22. The lowest BCUT2D eigenvalue weighted by atomic mass is 10.2. The van der Waals surface area contributed by atoms with E-state index in [1.807, 2.05) is 0 Å². The van der Waals surface area contributed by atoms with Gasteiger partial charge in [-0.1, -0.05) is 11.6 Å². The maximum Gasteiger partial charge on any atom is 0.272 e. The van der Waals surface area contributed by atoms with Gasteiger partial charge >= 0.3 is 0 Å². The minimum atomic E-state index is -3.50. The molecule has 0 aromatic rings. The smallest absolute Gasteiger partial charge is 0.238 e. The largest absolute Gasteiger partial charge is 0.272 e. The second-order valence-corrected chi connectivity index (χ2v) is 2.11. The first-order valence-corrected chi connectivity index (χ1v) is 2.90. The van der Waals surface area contributed by atoms with Crippen molar-refractivity contribution >= 4 is 11.6 Å². The molecule has 0 radical (unpaired) electrons. The lowest BCUT2D eigenvalue weighted by Gasteiger charge is -2.09. The normalized spacial score (nSPS) is 18.6. The monoisotopic (exact) mass is 194 g/mol. The SMILES string of the molecule is FC=C(Cl)C(F)C(F)C(F)F. The minimum absolute atomic E-state index is 0.457. The molecule has 0 aliphatic rings. The van der Waals surface area contributed by atoms with Gasteiger partial charge in [0.15, 0.2) is 12.3 Å². The molecule has 0 aliphatic carbocycles. The molecule has 6 heteroatoms. The molecule has 0 fully saturated rings. The highest BCUT2D eigenvalue weighted by Gasteiger charge is 2.32. The molecule has 0 nitrogen and oxygen atoms in total. The third-order valence-corrected chi connectivity index (χ3v) is 1.18. The first-order chi connectivity index (χ1) is 5.00. The molecule has 0 aliphatic heterocycles. The molecule has 11 heavy (non-hydrogen) atoms. The van der Waals surface area contributed by atoms with Gasteiger partial charge in [-0.25, -0.2) is 22.0 Å². The van der Waals surface area contributed by atoms with Gasteiger partial charge in [-0.05, 0) is 0 Å². The zero-order valence-electron chi connectivity index (χ0n) is 5.08. The quantitative estimate of drug-likeness (QED) is 0.606. The summed E-state index contributed by atoms with van der Waals surface area (Å²) < 4.78 is 58.1. The fourth-order valence-corrected chi connectivity index (χ4v) is 0.460. The molecule has 0 aromatic carbocycles. The van der Waals surface area contributed by atoms with Crippen molar-refractivity contribution in [2.24, 2.45) is 0 Å². The van der Waals surface area contributed by atoms with E-state index in [2.05, 4.69) is 0 Å². The van der Waals surface area contributed by atoms with Crippen molar-refractivity contribution in [1.82, 2.24) is 0 Å². The Morgan fingerprint density at radius 3 is 1.91 bits per heavy atom. The van der Waals surface area contributed by atoms with Crippen molar-refractivity contribution in [3.05, 3.63) is 11.4 Å². The average Bonchev–Trinajstić information content (AvgIpc) is 2.00. The molecule has 0 spiro atoms. The maximum atomic E-state index is 12.1. The zero-order chi connectivity index (χ0) is 9.02. The van der Waals surface area contributed by atoms with Crippen LogP contribution in [0.3, 0.4) is 0 Å². The van der Waals surface area contributed by atoms with Crippen molar-refractivity contribution in [3.63, 3.8) is 0 Å². The second-order valence-electron chi connectivity index (χ2n) is 1.67. The Hall–Kier alpha value is -0.320. The van der Waals surface area contributed by atoms with Crippen LogP contribution in [0, 0.1) is 0 Å². The summed E-state index contributed by atoms with van der Waals surface area (Å²) in [5.74, 6) is 0.